The Bertz CT molecular complexity index is 572. The normalized spacial score (nSPS) is 12.5. The average molecular weight is 288 g/mol. The van der Waals surface area contributed by atoms with E-state index in [2.05, 4.69) is 42.7 Å². The summed E-state index contributed by atoms with van der Waals surface area (Å²) in [6.07, 6.45) is 1.84. The number of nitrogens with two attached hydrogens (primary N) is 1. The van der Waals surface area contributed by atoms with Crippen LogP contribution in [-0.2, 0) is 11.2 Å². The van der Waals surface area contributed by atoms with Crippen molar-refractivity contribution in [2.24, 2.45) is 5.84 Å². The molecular formula is C17H24N2O2. The third kappa shape index (κ3) is 4.17. The molecule has 0 saturated carbocycles. The molecule has 0 spiro atoms. The summed E-state index contributed by atoms with van der Waals surface area (Å²) in [5.74, 6) is 6.52. The molecule has 4 heteroatoms. The predicted molar refractivity (Wildman–Crippen MR) is 86.4 cm³/mol. The van der Waals surface area contributed by atoms with E-state index in [1.54, 1.807) is 7.11 Å². The number of hydrogen-bond donors (Lipinski definition) is 2. The molecule has 2 aromatic carbocycles. The minimum Gasteiger partial charge on any atom is -0.497 e. The van der Waals surface area contributed by atoms with Crippen LogP contribution in [0.3, 0.4) is 0 Å². The van der Waals surface area contributed by atoms with Crippen molar-refractivity contribution >= 4 is 10.8 Å². The number of methoxy groups -OCH3 is 1. The van der Waals surface area contributed by atoms with Gasteiger partial charge in [0.2, 0.25) is 0 Å². The molecule has 0 fully saturated rings. The van der Waals surface area contributed by atoms with Gasteiger partial charge in [-0.3, -0.25) is 11.3 Å². The molecule has 0 aliphatic carbocycles. The number of hydrazine groups is 1. The lowest BCUT2D eigenvalue weighted by atomic mass is 9.99. The van der Waals surface area contributed by atoms with E-state index in [4.69, 9.17) is 15.3 Å². The van der Waals surface area contributed by atoms with Gasteiger partial charge >= 0.3 is 0 Å². The molecule has 2 rings (SSSR count). The lowest BCUT2D eigenvalue weighted by Crippen LogP contribution is -2.40. The Labute approximate surface area is 126 Å². The number of hydrogen-bond acceptors (Lipinski definition) is 4. The van der Waals surface area contributed by atoms with E-state index >= 15 is 0 Å². The molecular weight excluding hydrogens is 264 g/mol. The van der Waals surface area contributed by atoms with Gasteiger partial charge in [-0.15, -0.1) is 0 Å². The summed E-state index contributed by atoms with van der Waals surface area (Å²) in [5.41, 5.74) is 4.09. The van der Waals surface area contributed by atoms with Gasteiger partial charge in [-0.1, -0.05) is 31.2 Å². The van der Waals surface area contributed by atoms with Gasteiger partial charge in [0, 0.05) is 12.6 Å². The van der Waals surface area contributed by atoms with Crippen LogP contribution in [0.1, 0.15) is 18.9 Å². The minimum absolute atomic E-state index is 0.105. The second kappa shape index (κ2) is 7.98. The van der Waals surface area contributed by atoms with Crippen LogP contribution in [0.2, 0.25) is 0 Å². The molecule has 1 atom stereocenters. The van der Waals surface area contributed by atoms with Crippen LogP contribution >= 0.6 is 0 Å². The quantitative estimate of drug-likeness (QED) is 0.445. The predicted octanol–water partition coefficient (Wildman–Crippen LogP) is 2.65. The molecule has 21 heavy (non-hydrogen) atoms. The fourth-order valence-electron chi connectivity index (χ4n) is 2.42. The van der Waals surface area contributed by atoms with Crippen molar-refractivity contribution in [3.8, 4) is 5.75 Å². The van der Waals surface area contributed by atoms with Gasteiger partial charge in [-0.05, 0) is 41.3 Å². The Balaban J connectivity index is 2.19. The zero-order chi connectivity index (χ0) is 15.1. The van der Waals surface area contributed by atoms with Crippen LogP contribution in [0.15, 0.2) is 36.4 Å². The second-order valence-electron chi connectivity index (χ2n) is 5.15. The minimum atomic E-state index is 0.105. The smallest absolute Gasteiger partial charge is 0.119 e. The zero-order valence-corrected chi connectivity index (χ0v) is 12.8. The molecule has 0 radical (unpaired) electrons. The standard InChI is InChI=1S/C17H24N2O2/c1-3-9-21-12-15(19-18)10-14-6-4-5-13-7-8-16(20-2)11-17(13)14/h4-8,11,15,19H,3,9-10,12,18H2,1-2H3. The lowest BCUT2D eigenvalue weighted by molar-refractivity contribution is 0.112. The van der Waals surface area contributed by atoms with Crippen molar-refractivity contribution in [2.75, 3.05) is 20.3 Å². The van der Waals surface area contributed by atoms with E-state index in [9.17, 15) is 0 Å². The topological polar surface area (TPSA) is 56.5 Å². The molecule has 114 valence electrons. The number of ether oxygens (including phenoxy) is 2. The summed E-state index contributed by atoms with van der Waals surface area (Å²) >= 11 is 0. The molecule has 2 aromatic rings. The fraction of sp³-hybridized carbons (Fsp3) is 0.412. The molecule has 0 aliphatic rings. The van der Waals surface area contributed by atoms with Crippen LogP contribution in [-0.4, -0.2) is 26.4 Å². The highest BCUT2D eigenvalue weighted by atomic mass is 16.5. The first kappa shape index (κ1) is 15.8. The van der Waals surface area contributed by atoms with E-state index in [-0.39, 0.29) is 6.04 Å². The van der Waals surface area contributed by atoms with Gasteiger partial charge < -0.3 is 9.47 Å². The molecule has 0 bridgehead atoms. The first-order chi connectivity index (χ1) is 10.3. The van der Waals surface area contributed by atoms with E-state index in [0.717, 1.165) is 25.2 Å². The van der Waals surface area contributed by atoms with Gasteiger partial charge in [0.15, 0.2) is 0 Å². The lowest BCUT2D eigenvalue weighted by Gasteiger charge is -2.17. The van der Waals surface area contributed by atoms with Gasteiger partial charge in [0.05, 0.1) is 13.7 Å². The maximum atomic E-state index is 5.65. The molecule has 0 amide bonds. The summed E-state index contributed by atoms with van der Waals surface area (Å²) in [7, 11) is 1.69. The molecule has 0 aliphatic heterocycles. The largest absolute Gasteiger partial charge is 0.497 e. The Morgan fingerprint density at radius 1 is 1.24 bits per heavy atom. The van der Waals surface area contributed by atoms with Crippen LogP contribution in [0, 0.1) is 0 Å². The highest BCUT2D eigenvalue weighted by molar-refractivity contribution is 5.87. The average Bonchev–Trinajstić information content (AvgIpc) is 2.53. The maximum Gasteiger partial charge on any atom is 0.119 e. The van der Waals surface area contributed by atoms with Crippen molar-refractivity contribution in [1.29, 1.82) is 0 Å². The van der Waals surface area contributed by atoms with Crippen LogP contribution in [0.4, 0.5) is 0 Å². The fourth-order valence-corrected chi connectivity index (χ4v) is 2.42. The SMILES string of the molecule is CCCOCC(Cc1cccc2ccc(OC)cc12)NN. The van der Waals surface area contributed by atoms with Gasteiger partial charge in [-0.2, -0.15) is 0 Å². The molecule has 1 unspecified atom stereocenters. The van der Waals surface area contributed by atoms with Gasteiger partial charge in [-0.25, -0.2) is 0 Å². The molecule has 0 aromatic heterocycles. The van der Waals surface area contributed by atoms with Crippen molar-refractivity contribution in [3.63, 3.8) is 0 Å². The summed E-state index contributed by atoms with van der Waals surface area (Å²) in [4.78, 5) is 0. The Hall–Kier alpha value is -1.62. The first-order valence-electron chi connectivity index (χ1n) is 7.38. The molecule has 0 heterocycles. The zero-order valence-electron chi connectivity index (χ0n) is 12.8. The second-order valence-corrected chi connectivity index (χ2v) is 5.15. The maximum absolute atomic E-state index is 5.65. The number of nitrogens with one attached hydrogen (secondary N) is 1. The Morgan fingerprint density at radius 2 is 2.10 bits per heavy atom. The van der Waals surface area contributed by atoms with Crippen LogP contribution in [0.5, 0.6) is 5.75 Å². The Kier molecular flexibility index (Phi) is 5.99. The van der Waals surface area contributed by atoms with E-state index < -0.39 is 0 Å². The van der Waals surface area contributed by atoms with Crippen molar-refractivity contribution in [3.05, 3.63) is 42.0 Å². The number of rotatable bonds is 8. The van der Waals surface area contributed by atoms with Crippen molar-refractivity contribution in [2.45, 2.75) is 25.8 Å². The van der Waals surface area contributed by atoms with E-state index in [1.165, 1.54) is 16.3 Å². The highest BCUT2D eigenvalue weighted by Gasteiger charge is 2.11. The summed E-state index contributed by atoms with van der Waals surface area (Å²) in [5, 5.41) is 2.41. The van der Waals surface area contributed by atoms with Crippen molar-refractivity contribution < 1.29 is 9.47 Å². The molecule has 3 N–H and O–H groups in total. The summed E-state index contributed by atoms with van der Waals surface area (Å²) < 4.78 is 10.9. The van der Waals surface area contributed by atoms with Gasteiger partial charge in [0.25, 0.3) is 0 Å². The third-order valence-electron chi connectivity index (χ3n) is 3.55. The summed E-state index contributed by atoms with van der Waals surface area (Å²) in [6.45, 7) is 3.48. The van der Waals surface area contributed by atoms with E-state index in [1.807, 2.05) is 6.07 Å². The monoisotopic (exact) mass is 288 g/mol. The number of benzene rings is 2. The molecule has 0 saturated heterocycles. The van der Waals surface area contributed by atoms with E-state index in [0.29, 0.717) is 6.61 Å². The van der Waals surface area contributed by atoms with Crippen LogP contribution < -0.4 is 16.0 Å². The third-order valence-corrected chi connectivity index (χ3v) is 3.55. The van der Waals surface area contributed by atoms with Gasteiger partial charge in [0.1, 0.15) is 5.75 Å². The highest BCUT2D eigenvalue weighted by Crippen LogP contribution is 2.25. The summed E-state index contributed by atoms with van der Waals surface area (Å²) in [6, 6.07) is 12.6. The number of fused-ring (bicyclic) bond motifs is 1. The van der Waals surface area contributed by atoms with Crippen molar-refractivity contribution in [1.82, 2.24) is 5.43 Å². The van der Waals surface area contributed by atoms with Crippen LogP contribution in [0.25, 0.3) is 10.8 Å². The Morgan fingerprint density at radius 3 is 2.81 bits per heavy atom. The molecule has 4 nitrogen and oxygen atoms in total. The first-order valence-corrected chi connectivity index (χ1v) is 7.38.